The Morgan fingerprint density at radius 1 is 1.21 bits per heavy atom. The number of carbonyl (C=O) groups excluding carboxylic acids is 1. The normalized spacial score (nSPS) is 22.9. The molecular formula is C21H22N4O3. The number of ether oxygens (including phenoxy) is 2. The van der Waals surface area contributed by atoms with Crippen molar-refractivity contribution < 1.29 is 14.3 Å². The van der Waals surface area contributed by atoms with Gasteiger partial charge in [-0.3, -0.25) is 9.79 Å². The van der Waals surface area contributed by atoms with Crippen LogP contribution in [0.25, 0.3) is 0 Å². The van der Waals surface area contributed by atoms with Crippen molar-refractivity contribution in [2.75, 3.05) is 26.8 Å². The molecule has 7 nitrogen and oxygen atoms in total. The molecule has 1 aromatic carbocycles. The van der Waals surface area contributed by atoms with Crippen LogP contribution in [0.4, 0.5) is 0 Å². The predicted molar refractivity (Wildman–Crippen MR) is 109 cm³/mol. The third-order valence-corrected chi connectivity index (χ3v) is 4.98. The van der Waals surface area contributed by atoms with E-state index in [9.17, 15) is 4.79 Å². The second-order valence-electron chi connectivity index (χ2n) is 6.81. The van der Waals surface area contributed by atoms with Crippen LogP contribution in [0.2, 0.25) is 0 Å². The van der Waals surface area contributed by atoms with Gasteiger partial charge in [0.1, 0.15) is 23.9 Å². The number of methoxy groups -OCH3 is 1. The van der Waals surface area contributed by atoms with Gasteiger partial charge in [-0.25, -0.2) is 9.98 Å². The first-order valence-electron chi connectivity index (χ1n) is 9.27. The van der Waals surface area contributed by atoms with Gasteiger partial charge in [0.15, 0.2) is 0 Å². The van der Waals surface area contributed by atoms with Crippen LogP contribution in [0.1, 0.15) is 12.8 Å². The lowest BCUT2D eigenvalue weighted by molar-refractivity contribution is -0.118. The second kappa shape index (κ2) is 7.80. The highest BCUT2D eigenvalue weighted by atomic mass is 16.5. The fourth-order valence-electron chi connectivity index (χ4n) is 3.50. The number of nitrogens with one attached hydrogen (secondary N) is 1. The molecule has 1 atom stereocenters. The lowest BCUT2D eigenvalue weighted by Gasteiger charge is -2.35. The van der Waals surface area contributed by atoms with Gasteiger partial charge in [-0.05, 0) is 36.4 Å². The van der Waals surface area contributed by atoms with E-state index in [-0.39, 0.29) is 5.78 Å². The summed E-state index contributed by atoms with van der Waals surface area (Å²) in [5.74, 6) is 2.29. The molecular weight excluding hydrogens is 356 g/mol. The number of Topliss-reactive ketones (excluding diaryl/α,β-unsaturated/α-hetero) is 1. The molecule has 1 N–H and O–H groups in total. The summed E-state index contributed by atoms with van der Waals surface area (Å²) in [7, 11) is 1.63. The maximum absolute atomic E-state index is 12.2. The van der Waals surface area contributed by atoms with Crippen LogP contribution in [0.3, 0.4) is 0 Å². The molecule has 0 saturated heterocycles. The summed E-state index contributed by atoms with van der Waals surface area (Å²) < 4.78 is 10.8. The zero-order chi connectivity index (χ0) is 19.4. The molecule has 2 aliphatic heterocycles. The predicted octanol–water partition coefficient (Wildman–Crippen LogP) is 2.35. The molecule has 2 heterocycles. The minimum absolute atomic E-state index is 0.162. The first kappa shape index (κ1) is 18.2. The molecule has 0 bridgehead atoms. The summed E-state index contributed by atoms with van der Waals surface area (Å²) in [6.07, 6.45) is 8.26. The van der Waals surface area contributed by atoms with Crippen LogP contribution >= 0.6 is 0 Å². The average Bonchev–Trinajstić information content (AvgIpc) is 2.88. The number of aliphatic imine (C=N–C) groups is 3. The van der Waals surface area contributed by atoms with Gasteiger partial charge in [0, 0.05) is 19.1 Å². The van der Waals surface area contributed by atoms with Crippen molar-refractivity contribution in [3.05, 3.63) is 48.2 Å². The lowest BCUT2D eigenvalue weighted by atomic mass is 9.72. The highest BCUT2D eigenvalue weighted by Gasteiger charge is 2.44. The van der Waals surface area contributed by atoms with E-state index in [1.54, 1.807) is 13.3 Å². The van der Waals surface area contributed by atoms with Crippen LogP contribution in [0, 0.1) is 5.41 Å². The Labute approximate surface area is 163 Å². The smallest absolute Gasteiger partial charge is 0.218 e. The van der Waals surface area contributed by atoms with Crippen LogP contribution in [0.15, 0.2) is 63.2 Å². The van der Waals surface area contributed by atoms with E-state index in [2.05, 4.69) is 20.3 Å². The average molecular weight is 378 g/mol. The molecule has 1 aliphatic carbocycles. The van der Waals surface area contributed by atoms with Crippen LogP contribution in [-0.2, 0) is 4.79 Å². The Morgan fingerprint density at radius 3 is 2.86 bits per heavy atom. The summed E-state index contributed by atoms with van der Waals surface area (Å²) in [5.41, 5.74) is 1.18. The van der Waals surface area contributed by atoms with Crippen molar-refractivity contribution in [3.63, 3.8) is 0 Å². The molecule has 0 fully saturated rings. The van der Waals surface area contributed by atoms with Crippen LogP contribution in [-0.4, -0.2) is 50.5 Å². The van der Waals surface area contributed by atoms with Crippen LogP contribution in [0.5, 0.6) is 11.5 Å². The second-order valence-corrected chi connectivity index (χ2v) is 6.81. The topological polar surface area (TPSA) is 84.6 Å². The number of rotatable bonds is 5. The molecule has 1 spiro atoms. The van der Waals surface area contributed by atoms with Gasteiger partial charge >= 0.3 is 0 Å². The van der Waals surface area contributed by atoms with E-state index in [1.165, 1.54) is 0 Å². The number of benzene rings is 1. The first-order chi connectivity index (χ1) is 13.7. The van der Waals surface area contributed by atoms with Crippen molar-refractivity contribution in [2.24, 2.45) is 20.4 Å². The van der Waals surface area contributed by atoms with Gasteiger partial charge in [-0.1, -0.05) is 6.08 Å². The quantitative estimate of drug-likeness (QED) is 0.797. The highest BCUT2D eigenvalue weighted by Crippen LogP contribution is 2.41. The third kappa shape index (κ3) is 3.60. The highest BCUT2D eigenvalue weighted by molar-refractivity contribution is 6.13. The lowest BCUT2D eigenvalue weighted by Crippen LogP contribution is -2.43. The van der Waals surface area contributed by atoms with Crippen molar-refractivity contribution >= 4 is 23.7 Å². The Balaban J connectivity index is 1.36. The van der Waals surface area contributed by atoms with E-state index in [0.29, 0.717) is 38.5 Å². The minimum atomic E-state index is -0.524. The van der Waals surface area contributed by atoms with Crippen molar-refractivity contribution in [1.82, 2.24) is 5.32 Å². The van der Waals surface area contributed by atoms with Gasteiger partial charge < -0.3 is 14.8 Å². The SMILES string of the molecule is COc1ccc(OCCNC2=NCC34CC(=O)CC=NC3=CC=CC4=N2)cc1. The van der Waals surface area contributed by atoms with Gasteiger partial charge in [0.2, 0.25) is 5.96 Å². The third-order valence-electron chi connectivity index (χ3n) is 4.98. The fraction of sp³-hybridized carbons (Fsp3) is 0.333. The van der Waals surface area contributed by atoms with Gasteiger partial charge in [0.05, 0.1) is 37.0 Å². The summed E-state index contributed by atoms with van der Waals surface area (Å²) in [5, 5.41) is 3.20. The number of hydrogen-bond acceptors (Lipinski definition) is 7. The number of allylic oxidation sites excluding steroid dienone is 3. The van der Waals surface area contributed by atoms with Gasteiger partial charge in [0.25, 0.3) is 0 Å². The molecule has 144 valence electrons. The number of guanidine groups is 1. The Hall–Kier alpha value is -3.22. The number of ketones is 1. The van der Waals surface area contributed by atoms with Crippen molar-refractivity contribution in [2.45, 2.75) is 12.8 Å². The summed E-state index contributed by atoms with van der Waals surface area (Å²) in [6.45, 7) is 1.51. The molecule has 4 rings (SSSR count). The van der Waals surface area contributed by atoms with E-state index in [1.807, 2.05) is 42.5 Å². The molecule has 0 radical (unpaired) electrons. The van der Waals surface area contributed by atoms with Crippen molar-refractivity contribution in [1.29, 1.82) is 0 Å². The Kier molecular flexibility index (Phi) is 5.06. The van der Waals surface area contributed by atoms with Gasteiger partial charge in [-0.15, -0.1) is 0 Å². The molecule has 0 saturated carbocycles. The van der Waals surface area contributed by atoms with Gasteiger partial charge in [-0.2, -0.15) is 0 Å². The monoisotopic (exact) mass is 378 g/mol. The standard InChI is InChI=1S/C21H22N4O3/c1-27-16-5-7-17(8-6-16)28-12-11-23-20-24-14-21-13-15(26)9-10-22-18(21)3-2-4-19(21)25-20/h2-8,10H,9,11-14H2,1H3,(H,23,24). The maximum atomic E-state index is 12.2. The van der Waals surface area contributed by atoms with E-state index < -0.39 is 5.41 Å². The molecule has 3 aliphatic rings. The van der Waals surface area contributed by atoms with E-state index in [0.717, 1.165) is 22.9 Å². The van der Waals surface area contributed by atoms with E-state index in [4.69, 9.17) is 9.47 Å². The molecule has 0 amide bonds. The number of nitrogens with zero attached hydrogens (tertiary/aromatic N) is 3. The fourth-order valence-corrected chi connectivity index (χ4v) is 3.50. The molecule has 7 heteroatoms. The molecule has 28 heavy (non-hydrogen) atoms. The number of carbonyl (C=O) groups is 1. The van der Waals surface area contributed by atoms with Crippen molar-refractivity contribution in [3.8, 4) is 11.5 Å². The Bertz CT molecular complexity index is 912. The molecule has 1 unspecified atom stereocenters. The molecule has 0 aromatic heterocycles. The zero-order valence-corrected chi connectivity index (χ0v) is 15.7. The summed E-state index contributed by atoms with van der Waals surface area (Å²) >= 11 is 0. The number of hydrogen-bond donors (Lipinski definition) is 1. The maximum Gasteiger partial charge on any atom is 0.218 e. The summed E-state index contributed by atoms with van der Waals surface area (Å²) in [6, 6.07) is 7.45. The summed E-state index contributed by atoms with van der Waals surface area (Å²) in [4.78, 5) is 25.9. The Morgan fingerprint density at radius 2 is 2.04 bits per heavy atom. The largest absolute Gasteiger partial charge is 0.497 e. The minimum Gasteiger partial charge on any atom is -0.497 e. The zero-order valence-electron chi connectivity index (χ0n) is 15.7. The molecule has 1 aromatic rings. The first-order valence-corrected chi connectivity index (χ1v) is 9.27. The van der Waals surface area contributed by atoms with Crippen LogP contribution < -0.4 is 14.8 Å². The van der Waals surface area contributed by atoms with E-state index >= 15 is 0 Å².